The third kappa shape index (κ3) is 1.92. The predicted molar refractivity (Wildman–Crippen MR) is 66.3 cm³/mol. The zero-order valence-electron chi connectivity index (χ0n) is 9.94. The van der Waals surface area contributed by atoms with Crippen molar-refractivity contribution in [1.82, 2.24) is 14.7 Å². The van der Waals surface area contributed by atoms with Gasteiger partial charge in [0.25, 0.3) is 0 Å². The molecule has 0 bridgehead atoms. The first kappa shape index (κ1) is 12.1. The Balaban J connectivity index is 2.43. The van der Waals surface area contributed by atoms with Crippen molar-refractivity contribution in [1.29, 1.82) is 0 Å². The van der Waals surface area contributed by atoms with Crippen molar-refractivity contribution >= 4 is 15.9 Å². The van der Waals surface area contributed by atoms with E-state index in [9.17, 15) is 5.11 Å². The van der Waals surface area contributed by atoms with Crippen LogP contribution in [0.15, 0.2) is 10.7 Å². The number of hydrogen-bond donors (Lipinski definition) is 1. The van der Waals surface area contributed by atoms with Crippen molar-refractivity contribution in [2.24, 2.45) is 0 Å². The quantitative estimate of drug-likeness (QED) is 0.901. The molecule has 1 N–H and O–H groups in total. The first-order valence-electron chi connectivity index (χ1n) is 5.58. The van der Waals surface area contributed by atoms with Gasteiger partial charge in [0.2, 0.25) is 0 Å². The van der Waals surface area contributed by atoms with Crippen molar-refractivity contribution in [2.75, 3.05) is 20.1 Å². The summed E-state index contributed by atoms with van der Waals surface area (Å²) in [5.41, 5.74) is 0.140. The molecule has 1 aromatic heterocycles. The predicted octanol–water partition coefficient (Wildman–Crippen LogP) is 1.75. The molecule has 0 spiro atoms. The van der Waals surface area contributed by atoms with Crippen molar-refractivity contribution < 1.29 is 5.11 Å². The number of likely N-dealkylation sites (tertiary alicyclic amines) is 1. The molecule has 0 aromatic carbocycles. The van der Waals surface area contributed by atoms with Gasteiger partial charge in [0, 0.05) is 19.1 Å². The normalized spacial score (nSPS) is 26.9. The lowest BCUT2D eigenvalue weighted by Crippen LogP contribution is -2.33. The van der Waals surface area contributed by atoms with E-state index >= 15 is 0 Å². The Morgan fingerprint density at radius 3 is 2.75 bits per heavy atom. The second-order valence-corrected chi connectivity index (χ2v) is 5.75. The van der Waals surface area contributed by atoms with E-state index in [2.05, 4.69) is 39.8 Å². The minimum absolute atomic E-state index is 0.260. The highest BCUT2D eigenvalue weighted by Gasteiger charge is 2.40. The Hall–Kier alpha value is -0.390. The Kier molecular flexibility index (Phi) is 3.11. The molecule has 5 heteroatoms. The van der Waals surface area contributed by atoms with Gasteiger partial charge in [-0.2, -0.15) is 5.10 Å². The molecule has 2 heterocycles. The largest absolute Gasteiger partial charge is 0.382 e. The first-order chi connectivity index (χ1) is 7.44. The number of nitrogens with zero attached hydrogens (tertiary/aromatic N) is 3. The highest BCUT2D eigenvalue weighted by atomic mass is 79.9. The number of rotatable bonds is 2. The molecule has 1 unspecified atom stereocenters. The summed E-state index contributed by atoms with van der Waals surface area (Å²) in [5.74, 6) is 0. The van der Waals surface area contributed by atoms with Gasteiger partial charge in [0.1, 0.15) is 5.60 Å². The van der Waals surface area contributed by atoms with Crippen LogP contribution in [0.1, 0.15) is 32.0 Å². The summed E-state index contributed by atoms with van der Waals surface area (Å²) in [5, 5.41) is 15.0. The molecule has 1 fully saturated rings. The van der Waals surface area contributed by atoms with Gasteiger partial charge in [-0.3, -0.25) is 4.68 Å². The summed E-state index contributed by atoms with van der Waals surface area (Å²) in [4.78, 5) is 2.14. The fourth-order valence-electron chi connectivity index (χ4n) is 2.34. The summed E-state index contributed by atoms with van der Waals surface area (Å²) in [6, 6.07) is 0.260. The average molecular weight is 288 g/mol. The standard InChI is InChI=1S/C11H18BrN3O/c1-8(2)15-10(9(12)6-13-15)11(16)4-5-14(3)7-11/h6,8,16H,4-5,7H2,1-3H3. The SMILES string of the molecule is CC(C)n1ncc(Br)c1C1(O)CCN(C)C1. The van der Waals surface area contributed by atoms with E-state index in [-0.39, 0.29) is 6.04 Å². The molecular formula is C11H18BrN3O. The van der Waals surface area contributed by atoms with Gasteiger partial charge in [-0.1, -0.05) is 0 Å². The number of hydrogen-bond acceptors (Lipinski definition) is 3. The molecule has 0 aliphatic carbocycles. The molecular weight excluding hydrogens is 270 g/mol. The maximum Gasteiger partial charge on any atom is 0.121 e. The van der Waals surface area contributed by atoms with Crippen LogP contribution >= 0.6 is 15.9 Å². The second kappa shape index (κ2) is 4.13. The van der Waals surface area contributed by atoms with Gasteiger partial charge >= 0.3 is 0 Å². The van der Waals surface area contributed by atoms with E-state index < -0.39 is 5.60 Å². The van der Waals surface area contributed by atoms with Gasteiger partial charge in [0.05, 0.1) is 16.4 Å². The van der Waals surface area contributed by atoms with Crippen LogP contribution in [0.5, 0.6) is 0 Å². The van der Waals surface area contributed by atoms with E-state index in [0.29, 0.717) is 6.54 Å². The topological polar surface area (TPSA) is 41.3 Å². The molecule has 1 atom stereocenters. The maximum absolute atomic E-state index is 10.7. The lowest BCUT2D eigenvalue weighted by atomic mass is 9.98. The summed E-state index contributed by atoms with van der Waals surface area (Å²) in [6.07, 6.45) is 2.53. The lowest BCUT2D eigenvalue weighted by molar-refractivity contribution is 0.0376. The van der Waals surface area contributed by atoms with Crippen LogP contribution in [0.4, 0.5) is 0 Å². The van der Waals surface area contributed by atoms with E-state index in [0.717, 1.165) is 23.1 Å². The summed E-state index contributed by atoms with van der Waals surface area (Å²) in [7, 11) is 2.03. The average Bonchev–Trinajstić information content (AvgIpc) is 2.71. The molecule has 16 heavy (non-hydrogen) atoms. The second-order valence-electron chi connectivity index (χ2n) is 4.90. The molecule has 90 valence electrons. The van der Waals surface area contributed by atoms with Crippen LogP contribution in [0, 0.1) is 0 Å². The molecule has 0 amide bonds. The van der Waals surface area contributed by atoms with Crippen LogP contribution in [-0.4, -0.2) is 39.9 Å². The third-order valence-corrected chi connectivity index (χ3v) is 3.70. The molecule has 0 radical (unpaired) electrons. The Bertz CT molecular complexity index is 391. The molecule has 1 saturated heterocycles. The van der Waals surface area contributed by atoms with Gasteiger partial charge in [-0.25, -0.2) is 0 Å². The van der Waals surface area contributed by atoms with Gasteiger partial charge in [-0.05, 0) is 43.2 Å². The first-order valence-corrected chi connectivity index (χ1v) is 6.38. The van der Waals surface area contributed by atoms with Crippen LogP contribution in [0.3, 0.4) is 0 Å². The van der Waals surface area contributed by atoms with Gasteiger partial charge in [0.15, 0.2) is 0 Å². The Morgan fingerprint density at radius 1 is 1.56 bits per heavy atom. The Morgan fingerprint density at radius 2 is 2.25 bits per heavy atom. The highest BCUT2D eigenvalue weighted by molar-refractivity contribution is 9.10. The smallest absolute Gasteiger partial charge is 0.121 e. The minimum atomic E-state index is -0.769. The molecule has 1 aliphatic heterocycles. The van der Waals surface area contributed by atoms with Gasteiger partial charge < -0.3 is 10.0 Å². The van der Waals surface area contributed by atoms with Crippen LogP contribution in [0.25, 0.3) is 0 Å². The van der Waals surface area contributed by atoms with E-state index in [1.54, 1.807) is 6.20 Å². The van der Waals surface area contributed by atoms with E-state index in [1.165, 1.54) is 0 Å². The van der Waals surface area contributed by atoms with Crippen molar-refractivity contribution in [3.8, 4) is 0 Å². The zero-order valence-corrected chi connectivity index (χ0v) is 11.5. The van der Waals surface area contributed by atoms with Crippen LogP contribution in [0.2, 0.25) is 0 Å². The lowest BCUT2D eigenvalue weighted by Gasteiger charge is -2.25. The fourth-order valence-corrected chi connectivity index (χ4v) is 2.98. The molecule has 1 aromatic rings. The number of β-amino-alcohol motifs (C(OH)–C–C–N with tert-alkyl or cyclic N) is 1. The molecule has 0 saturated carbocycles. The molecule has 1 aliphatic rings. The Labute approximate surface area is 104 Å². The van der Waals surface area contributed by atoms with E-state index in [1.807, 2.05) is 11.7 Å². The summed E-state index contributed by atoms with van der Waals surface area (Å²) < 4.78 is 2.81. The van der Waals surface area contributed by atoms with Gasteiger partial charge in [-0.15, -0.1) is 0 Å². The highest BCUT2D eigenvalue weighted by Crippen LogP contribution is 2.36. The molecule has 4 nitrogen and oxygen atoms in total. The van der Waals surface area contributed by atoms with Crippen molar-refractivity contribution in [2.45, 2.75) is 31.9 Å². The minimum Gasteiger partial charge on any atom is -0.382 e. The summed E-state index contributed by atoms with van der Waals surface area (Å²) in [6.45, 7) is 5.74. The number of halogens is 1. The third-order valence-electron chi connectivity index (χ3n) is 3.12. The van der Waals surface area contributed by atoms with Crippen molar-refractivity contribution in [3.05, 3.63) is 16.4 Å². The number of likely N-dealkylation sites (N-methyl/N-ethyl adjacent to an activating group) is 1. The number of aromatic nitrogens is 2. The maximum atomic E-state index is 10.7. The fraction of sp³-hybridized carbons (Fsp3) is 0.727. The number of aliphatic hydroxyl groups is 1. The summed E-state index contributed by atoms with van der Waals surface area (Å²) >= 11 is 3.49. The van der Waals surface area contributed by atoms with E-state index in [4.69, 9.17) is 0 Å². The van der Waals surface area contributed by atoms with Crippen LogP contribution in [-0.2, 0) is 5.60 Å². The van der Waals surface area contributed by atoms with Crippen molar-refractivity contribution in [3.63, 3.8) is 0 Å². The zero-order chi connectivity index (χ0) is 11.9. The molecule has 2 rings (SSSR count). The van der Waals surface area contributed by atoms with Crippen LogP contribution < -0.4 is 0 Å². The monoisotopic (exact) mass is 287 g/mol.